The molecule has 88 valence electrons. The van der Waals surface area contributed by atoms with Gasteiger partial charge in [-0.3, -0.25) is 4.84 Å². The first kappa shape index (κ1) is 13.0. The fraction of sp³-hybridized carbons (Fsp3) is 0.364. The molecule has 0 fully saturated rings. The summed E-state index contributed by atoms with van der Waals surface area (Å²) in [5.74, 6) is 0. The minimum absolute atomic E-state index is 0.372. The van der Waals surface area contributed by atoms with Crippen LogP contribution in [0.15, 0.2) is 28.7 Å². The molecule has 2 amide bonds. The number of rotatable bonds is 5. The van der Waals surface area contributed by atoms with Gasteiger partial charge in [-0.05, 0) is 34.5 Å². The van der Waals surface area contributed by atoms with Crippen LogP contribution in [0.4, 0.5) is 10.5 Å². The molecule has 0 aliphatic carbocycles. The minimum Gasteiger partial charge on any atom is -0.305 e. The number of para-hydroxylation sites is 1. The summed E-state index contributed by atoms with van der Waals surface area (Å²) in [6.07, 6.45) is 1.96. The second kappa shape index (κ2) is 7.24. The molecule has 0 radical (unpaired) electrons. The largest absolute Gasteiger partial charge is 0.343 e. The molecule has 0 bridgehead atoms. The summed E-state index contributed by atoms with van der Waals surface area (Å²) in [5, 5.41) is 2.67. The van der Waals surface area contributed by atoms with E-state index in [2.05, 4.69) is 33.7 Å². The smallest absolute Gasteiger partial charge is 0.305 e. The molecular weight excluding hydrogens is 272 g/mol. The van der Waals surface area contributed by atoms with Crippen LogP contribution in [0.3, 0.4) is 0 Å². The fourth-order valence-corrected chi connectivity index (χ4v) is 1.43. The van der Waals surface area contributed by atoms with Crippen LogP contribution in [0.2, 0.25) is 0 Å². The van der Waals surface area contributed by atoms with E-state index in [9.17, 15) is 4.79 Å². The maximum atomic E-state index is 11.4. The van der Waals surface area contributed by atoms with Crippen LogP contribution < -0.4 is 10.8 Å². The molecule has 2 N–H and O–H groups in total. The van der Waals surface area contributed by atoms with Gasteiger partial charge in [-0.25, -0.2) is 10.3 Å². The van der Waals surface area contributed by atoms with Crippen LogP contribution in [0.25, 0.3) is 0 Å². The molecule has 0 heterocycles. The maximum Gasteiger partial charge on any atom is 0.343 e. The monoisotopic (exact) mass is 286 g/mol. The number of hydrogen-bond acceptors (Lipinski definition) is 2. The van der Waals surface area contributed by atoms with Gasteiger partial charge >= 0.3 is 6.03 Å². The second-order valence-electron chi connectivity index (χ2n) is 3.24. The van der Waals surface area contributed by atoms with E-state index < -0.39 is 0 Å². The van der Waals surface area contributed by atoms with Crippen molar-refractivity contribution in [2.75, 3.05) is 11.9 Å². The Morgan fingerprint density at radius 1 is 1.44 bits per heavy atom. The third-order valence-electron chi connectivity index (χ3n) is 1.89. The van der Waals surface area contributed by atoms with Gasteiger partial charge in [0.25, 0.3) is 0 Å². The molecule has 0 aromatic heterocycles. The average Bonchev–Trinajstić information content (AvgIpc) is 2.28. The zero-order valence-electron chi connectivity index (χ0n) is 9.13. The molecule has 16 heavy (non-hydrogen) atoms. The molecular formula is C11H15BrN2O2. The van der Waals surface area contributed by atoms with Gasteiger partial charge in [0.2, 0.25) is 0 Å². The molecule has 5 heteroatoms. The first-order chi connectivity index (χ1) is 7.74. The van der Waals surface area contributed by atoms with E-state index in [-0.39, 0.29) is 6.03 Å². The van der Waals surface area contributed by atoms with Crippen LogP contribution in [0.1, 0.15) is 19.8 Å². The summed E-state index contributed by atoms with van der Waals surface area (Å²) in [7, 11) is 0. The number of hydroxylamine groups is 1. The van der Waals surface area contributed by atoms with Gasteiger partial charge in [0.05, 0.1) is 12.3 Å². The molecule has 0 atom stereocenters. The van der Waals surface area contributed by atoms with Crippen molar-refractivity contribution < 1.29 is 9.63 Å². The molecule has 0 spiro atoms. The summed E-state index contributed by atoms with van der Waals surface area (Å²) in [5.41, 5.74) is 3.03. The number of benzene rings is 1. The molecule has 4 nitrogen and oxygen atoms in total. The minimum atomic E-state index is -0.372. The zero-order chi connectivity index (χ0) is 11.8. The van der Waals surface area contributed by atoms with Crippen molar-refractivity contribution in [3.8, 4) is 0 Å². The Hall–Kier alpha value is -1.07. The predicted molar refractivity (Wildman–Crippen MR) is 67.2 cm³/mol. The van der Waals surface area contributed by atoms with E-state index in [4.69, 9.17) is 4.84 Å². The molecule has 0 saturated heterocycles. The lowest BCUT2D eigenvalue weighted by Crippen LogP contribution is -2.29. The number of carbonyl (C=O) groups is 1. The molecule has 0 unspecified atom stereocenters. The Balaban J connectivity index is 2.32. The number of amides is 2. The topological polar surface area (TPSA) is 50.4 Å². The van der Waals surface area contributed by atoms with Crippen LogP contribution >= 0.6 is 15.9 Å². The summed E-state index contributed by atoms with van der Waals surface area (Å²) in [4.78, 5) is 16.3. The van der Waals surface area contributed by atoms with Gasteiger partial charge in [0.1, 0.15) is 0 Å². The summed E-state index contributed by atoms with van der Waals surface area (Å²) in [6, 6.07) is 7.01. The van der Waals surface area contributed by atoms with Crippen LogP contribution in [-0.4, -0.2) is 12.6 Å². The summed E-state index contributed by atoms with van der Waals surface area (Å²) >= 11 is 3.33. The number of halogens is 1. The lowest BCUT2D eigenvalue weighted by Gasteiger charge is -2.08. The molecule has 0 aliphatic rings. The van der Waals surface area contributed by atoms with Gasteiger partial charge in [0, 0.05) is 4.47 Å². The van der Waals surface area contributed by atoms with Crippen LogP contribution in [0.5, 0.6) is 0 Å². The van der Waals surface area contributed by atoms with Crippen molar-refractivity contribution >= 4 is 27.6 Å². The van der Waals surface area contributed by atoms with Gasteiger partial charge in [-0.2, -0.15) is 0 Å². The van der Waals surface area contributed by atoms with Crippen LogP contribution in [0, 0.1) is 0 Å². The van der Waals surface area contributed by atoms with Crippen molar-refractivity contribution in [3.63, 3.8) is 0 Å². The fourth-order valence-electron chi connectivity index (χ4n) is 1.04. The second-order valence-corrected chi connectivity index (χ2v) is 4.09. The lowest BCUT2D eigenvalue weighted by atomic mass is 10.3. The summed E-state index contributed by atoms with van der Waals surface area (Å²) < 4.78 is 0.832. The molecule has 0 aliphatic heterocycles. The number of unbranched alkanes of at least 4 members (excludes halogenated alkanes) is 1. The van der Waals surface area contributed by atoms with E-state index in [0.29, 0.717) is 12.3 Å². The number of anilines is 1. The molecule has 1 aromatic rings. The Labute approximate surface area is 103 Å². The van der Waals surface area contributed by atoms with Crippen molar-refractivity contribution in [1.82, 2.24) is 5.48 Å². The van der Waals surface area contributed by atoms with Crippen molar-refractivity contribution in [1.29, 1.82) is 0 Å². The molecule has 0 saturated carbocycles. The first-order valence-electron chi connectivity index (χ1n) is 5.17. The van der Waals surface area contributed by atoms with E-state index in [1.807, 2.05) is 18.2 Å². The quantitative estimate of drug-likeness (QED) is 0.645. The highest BCUT2D eigenvalue weighted by Crippen LogP contribution is 2.20. The highest BCUT2D eigenvalue weighted by atomic mass is 79.9. The Morgan fingerprint density at radius 2 is 2.19 bits per heavy atom. The standard InChI is InChI=1S/C11H15BrN2O2/c1-2-3-8-16-14-11(15)13-10-7-5-4-6-9(10)12/h4-7H,2-3,8H2,1H3,(H2,13,14,15). The zero-order valence-corrected chi connectivity index (χ0v) is 10.7. The average molecular weight is 287 g/mol. The van der Waals surface area contributed by atoms with Crippen molar-refractivity contribution in [2.45, 2.75) is 19.8 Å². The van der Waals surface area contributed by atoms with Gasteiger partial charge in [-0.1, -0.05) is 25.5 Å². The number of carbonyl (C=O) groups excluding carboxylic acids is 1. The van der Waals surface area contributed by atoms with E-state index in [1.165, 1.54) is 0 Å². The van der Waals surface area contributed by atoms with Crippen LogP contribution in [-0.2, 0) is 4.84 Å². The Bertz CT molecular complexity index is 345. The highest BCUT2D eigenvalue weighted by molar-refractivity contribution is 9.10. The van der Waals surface area contributed by atoms with E-state index in [1.54, 1.807) is 6.07 Å². The number of urea groups is 1. The van der Waals surface area contributed by atoms with Crippen molar-refractivity contribution in [2.24, 2.45) is 0 Å². The molecule has 1 rings (SSSR count). The predicted octanol–water partition coefficient (Wildman–Crippen LogP) is 3.30. The van der Waals surface area contributed by atoms with E-state index in [0.717, 1.165) is 17.3 Å². The summed E-state index contributed by atoms with van der Waals surface area (Å²) in [6.45, 7) is 2.59. The molecule has 1 aromatic carbocycles. The number of nitrogens with one attached hydrogen (secondary N) is 2. The lowest BCUT2D eigenvalue weighted by molar-refractivity contribution is 0.0640. The normalized spacial score (nSPS) is 9.88. The third-order valence-corrected chi connectivity index (χ3v) is 2.58. The van der Waals surface area contributed by atoms with Gasteiger partial charge in [0.15, 0.2) is 0 Å². The third kappa shape index (κ3) is 4.63. The first-order valence-corrected chi connectivity index (χ1v) is 5.96. The van der Waals surface area contributed by atoms with E-state index >= 15 is 0 Å². The van der Waals surface area contributed by atoms with Crippen molar-refractivity contribution in [3.05, 3.63) is 28.7 Å². The maximum absolute atomic E-state index is 11.4. The number of hydrogen-bond donors (Lipinski definition) is 2. The Morgan fingerprint density at radius 3 is 2.88 bits per heavy atom. The highest BCUT2D eigenvalue weighted by Gasteiger charge is 2.03. The SMILES string of the molecule is CCCCONC(=O)Nc1ccccc1Br. The van der Waals surface area contributed by atoms with Gasteiger partial charge in [-0.15, -0.1) is 0 Å². The Kier molecular flexibility index (Phi) is 5.88. The van der Waals surface area contributed by atoms with Gasteiger partial charge < -0.3 is 5.32 Å².